The van der Waals surface area contributed by atoms with Gasteiger partial charge in [0, 0.05) is 25.8 Å². The van der Waals surface area contributed by atoms with Crippen molar-refractivity contribution in [2.75, 3.05) is 36.8 Å². The number of nitrogen functional groups attached to an aromatic ring is 1. The average Bonchev–Trinajstić information content (AvgIpc) is 2.43. The van der Waals surface area contributed by atoms with Gasteiger partial charge in [-0.2, -0.15) is 4.91 Å². The van der Waals surface area contributed by atoms with Crippen LogP contribution in [0.5, 0.6) is 0 Å². The molecule has 0 aliphatic rings. The van der Waals surface area contributed by atoms with Gasteiger partial charge >= 0.3 is 0 Å². The summed E-state index contributed by atoms with van der Waals surface area (Å²) < 4.78 is 0. The van der Waals surface area contributed by atoms with Crippen LogP contribution in [0.4, 0.5) is 11.4 Å². The molecule has 1 aromatic rings. The van der Waals surface area contributed by atoms with Gasteiger partial charge in [-0.15, -0.1) is 0 Å². The number of nitrogens with zero attached hydrogens (tertiary/aromatic N) is 3. The van der Waals surface area contributed by atoms with Crippen molar-refractivity contribution in [3.8, 4) is 0 Å². The minimum absolute atomic E-state index is 0.279. The van der Waals surface area contributed by atoms with Gasteiger partial charge in [0.15, 0.2) is 0 Å². The molecule has 0 aliphatic carbocycles. The lowest BCUT2D eigenvalue weighted by molar-refractivity contribution is 0.570. The molecule has 0 aromatic carbocycles. The zero-order valence-electron chi connectivity index (χ0n) is 11.7. The molecular weight excluding hydrogens is 242 g/mol. The number of anilines is 2. The van der Waals surface area contributed by atoms with Crippen LogP contribution < -0.4 is 16.0 Å². The summed E-state index contributed by atoms with van der Waals surface area (Å²) in [4.78, 5) is 17.0. The maximum atomic E-state index is 10.9. The smallest absolute Gasteiger partial charge is 0.122 e. The zero-order valence-corrected chi connectivity index (χ0v) is 11.7. The molecule has 19 heavy (non-hydrogen) atoms. The Morgan fingerprint density at radius 2 is 2.32 bits per heavy atom. The highest BCUT2D eigenvalue weighted by molar-refractivity contribution is 5.66. The summed E-state index contributed by atoms with van der Waals surface area (Å²) in [5.41, 5.74) is 7.49. The zero-order chi connectivity index (χ0) is 14.1. The van der Waals surface area contributed by atoms with Crippen molar-refractivity contribution in [1.82, 2.24) is 10.3 Å². The second kappa shape index (κ2) is 8.42. The molecule has 0 saturated heterocycles. The number of aromatic nitrogens is 1. The van der Waals surface area contributed by atoms with Crippen molar-refractivity contribution in [2.45, 2.75) is 26.3 Å². The first-order valence-electron chi connectivity index (χ1n) is 6.70. The third kappa shape index (κ3) is 4.82. The Labute approximate surface area is 114 Å². The molecule has 0 saturated carbocycles. The first kappa shape index (κ1) is 15.4. The van der Waals surface area contributed by atoms with Crippen LogP contribution >= 0.6 is 0 Å². The van der Waals surface area contributed by atoms with Gasteiger partial charge in [0.2, 0.25) is 0 Å². The molecule has 0 radical (unpaired) electrons. The fourth-order valence-electron chi connectivity index (χ4n) is 1.97. The minimum Gasteiger partial charge on any atom is -0.396 e. The molecule has 0 bridgehead atoms. The number of nitrogens with one attached hydrogen (secondary N) is 1. The Hall–Kier alpha value is -1.69. The lowest BCUT2D eigenvalue weighted by atomic mass is 10.2. The van der Waals surface area contributed by atoms with Crippen molar-refractivity contribution < 1.29 is 0 Å². The van der Waals surface area contributed by atoms with Crippen molar-refractivity contribution in [3.05, 3.63) is 23.4 Å². The number of likely N-dealkylation sites (N-methyl/N-ethyl adjacent to an activating group) is 1. The van der Waals surface area contributed by atoms with E-state index in [0.717, 1.165) is 25.2 Å². The van der Waals surface area contributed by atoms with Gasteiger partial charge in [-0.05, 0) is 19.0 Å². The van der Waals surface area contributed by atoms with E-state index in [-0.39, 0.29) is 6.04 Å². The SMILES string of the molecule is CCCN(CC(CNCC)N=O)c1ccncc1N. The predicted octanol–water partition coefficient (Wildman–Crippen LogP) is 1.62. The fourth-order valence-corrected chi connectivity index (χ4v) is 1.97. The number of nitrogens with two attached hydrogens (primary N) is 1. The molecule has 3 N–H and O–H groups in total. The Morgan fingerprint density at radius 1 is 1.53 bits per heavy atom. The molecule has 1 unspecified atom stereocenters. The first-order chi connectivity index (χ1) is 9.22. The maximum absolute atomic E-state index is 10.9. The fraction of sp³-hybridized carbons (Fsp3) is 0.615. The van der Waals surface area contributed by atoms with E-state index in [0.29, 0.717) is 18.8 Å². The summed E-state index contributed by atoms with van der Waals surface area (Å²) in [6.45, 7) is 6.93. The molecule has 1 heterocycles. The van der Waals surface area contributed by atoms with Crippen LogP contribution in [0.15, 0.2) is 23.6 Å². The van der Waals surface area contributed by atoms with Gasteiger partial charge < -0.3 is 16.0 Å². The average molecular weight is 265 g/mol. The molecule has 1 rings (SSSR count). The van der Waals surface area contributed by atoms with Crippen LogP contribution in [0.1, 0.15) is 20.3 Å². The van der Waals surface area contributed by atoms with Gasteiger partial charge in [0.05, 0.1) is 17.6 Å². The number of pyridine rings is 1. The quantitative estimate of drug-likeness (QED) is 0.663. The van der Waals surface area contributed by atoms with Crippen molar-refractivity contribution in [2.24, 2.45) is 5.18 Å². The van der Waals surface area contributed by atoms with Crippen molar-refractivity contribution in [3.63, 3.8) is 0 Å². The normalized spacial score (nSPS) is 12.1. The molecule has 6 heteroatoms. The molecule has 1 aromatic heterocycles. The Morgan fingerprint density at radius 3 is 2.89 bits per heavy atom. The summed E-state index contributed by atoms with van der Waals surface area (Å²) in [6.07, 6.45) is 4.32. The van der Waals surface area contributed by atoms with E-state index < -0.39 is 0 Å². The van der Waals surface area contributed by atoms with E-state index >= 15 is 0 Å². The van der Waals surface area contributed by atoms with E-state index in [1.807, 2.05) is 13.0 Å². The molecule has 0 fully saturated rings. The first-order valence-corrected chi connectivity index (χ1v) is 6.70. The van der Waals surface area contributed by atoms with Crippen molar-refractivity contribution >= 4 is 11.4 Å². The van der Waals surface area contributed by atoms with E-state index in [1.165, 1.54) is 0 Å². The topological polar surface area (TPSA) is 83.6 Å². The lowest BCUT2D eigenvalue weighted by Gasteiger charge is -2.27. The summed E-state index contributed by atoms with van der Waals surface area (Å²) in [5, 5.41) is 6.34. The third-order valence-corrected chi connectivity index (χ3v) is 2.87. The van der Waals surface area contributed by atoms with Gasteiger partial charge in [-0.3, -0.25) is 4.98 Å². The highest BCUT2D eigenvalue weighted by Gasteiger charge is 2.16. The molecule has 6 nitrogen and oxygen atoms in total. The highest BCUT2D eigenvalue weighted by atomic mass is 16.3. The standard InChI is InChI=1S/C13H23N5O/c1-3-7-18(10-11(17-19)8-15-4-2)13-5-6-16-9-12(13)14/h5-6,9,11,15H,3-4,7-8,10,14H2,1-2H3. The third-order valence-electron chi connectivity index (χ3n) is 2.87. The summed E-state index contributed by atoms with van der Waals surface area (Å²) in [5.74, 6) is 0. The second-order valence-electron chi connectivity index (χ2n) is 4.45. The van der Waals surface area contributed by atoms with Crippen LogP contribution in [0.3, 0.4) is 0 Å². The van der Waals surface area contributed by atoms with Crippen LogP contribution in [0, 0.1) is 4.91 Å². The summed E-state index contributed by atoms with van der Waals surface area (Å²) in [6, 6.07) is 1.60. The van der Waals surface area contributed by atoms with E-state index in [1.54, 1.807) is 12.4 Å². The van der Waals surface area contributed by atoms with Crippen molar-refractivity contribution in [1.29, 1.82) is 0 Å². The molecule has 1 atom stereocenters. The van der Waals surface area contributed by atoms with E-state index in [9.17, 15) is 4.91 Å². The summed E-state index contributed by atoms with van der Waals surface area (Å²) >= 11 is 0. The van der Waals surface area contributed by atoms with Crippen LogP contribution in [0.2, 0.25) is 0 Å². The largest absolute Gasteiger partial charge is 0.396 e. The van der Waals surface area contributed by atoms with E-state index in [4.69, 9.17) is 5.73 Å². The number of rotatable bonds is 9. The van der Waals surface area contributed by atoms with Crippen LogP contribution in [-0.2, 0) is 0 Å². The predicted molar refractivity (Wildman–Crippen MR) is 79.3 cm³/mol. The van der Waals surface area contributed by atoms with Gasteiger partial charge in [-0.1, -0.05) is 19.0 Å². The molecule has 0 spiro atoms. The van der Waals surface area contributed by atoms with Gasteiger partial charge in [-0.25, -0.2) is 0 Å². The molecule has 0 amide bonds. The van der Waals surface area contributed by atoms with E-state index in [2.05, 4.69) is 27.3 Å². The monoisotopic (exact) mass is 265 g/mol. The Kier molecular flexibility index (Phi) is 6.81. The van der Waals surface area contributed by atoms with Crippen LogP contribution in [0.25, 0.3) is 0 Å². The molecule has 0 aliphatic heterocycles. The van der Waals surface area contributed by atoms with Gasteiger partial charge in [0.25, 0.3) is 0 Å². The second-order valence-corrected chi connectivity index (χ2v) is 4.45. The number of hydrogen-bond donors (Lipinski definition) is 2. The Bertz CT molecular complexity index is 385. The molecule has 106 valence electrons. The highest BCUT2D eigenvalue weighted by Crippen LogP contribution is 2.22. The summed E-state index contributed by atoms with van der Waals surface area (Å²) in [7, 11) is 0. The van der Waals surface area contributed by atoms with Crippen LogP contribution in [-0.4, -0.2) is 37.2 Å². The number of nitroso groups, excluding NO2 is 1. The number of hydrogen-bond acceptors (Lipinski definition) is 6. The lowest BCUT2D eigenvalue weighted by Crippen LogP contribution is -2.38. The Balaban J connectivity index is 2.76. The minimum atomic E-state index is -0.279. The van der Waals surface area contributed by atoms with Gasteiger partial charge in [0.1, 0.15) is 6.04 Å². The maximum Gasteiger partial charge on any atom is 0.122 e. The molecular formula is C13H23N5O.